The van der Waals surface area contributed by atoms with Crippen molar-refractivity contribution in [3.05, 3.63) is 30.1 Å². The van der Waals surface area contributed by atoms with Crippen molar-refractivity contribution in [1.29, 1.82) is 0 Å². The first-order valence-corrected chi connectivity index (χ1v) is 6.48. The van der Waals surface area contributed by atoms with Crippen LogP contribution >= 0.6 is 0 Å². The molecule has 0 radical (unpaired) electrons. The Hall–Kier alpha value is -2.70. The molecule has 0 aliphatic carbocycles. The molecule has 0 aliphatic heterocycles. The van der Waals surface area contributed by atoms with Crippen molar-refractivity contribution >= 4 is 17.0 Å². The Labute approximate surface area is 121 Å². The van der Waals surface area contributed by atoms with Gasteiger partial charge in [0.05, 0.1) is 37.5 Å². The largest absolute Gasteiger partial charge is 0.493 e. The zero-order valence-electron chi connectivity index (χ0n) is 12.2. The number of aromatic nitrogens is 4. The van der Waals surface area contributed by atoms with E-state index >= 15 is 0 Å². The maximum absolute atomic E-state index is 6.03. The van der Waals surface area contributed by atoms with Crippen LogP contribution < -0.4 is 15.2 Å². The first-order valence-electron chi connectivity index (χ1n) is 6.48. The lowest BCUT2D eigenvalue weighted by Crippen LogP contribution is -2.05. The summed E-state index contributed by atoms with van der Waals surface area (Å²) in [7, 11) is 5.08. The summed E-state index contributed by atoms with van der Waals surface area (Å²) >= 11 is 0. The third-order valence-electron chi connectivity index (χ3n) is 3.37. The highest BCUT2D eigenvalue weighted by molar-refractivity contribution is 5.82. The number of fused-ring (bicyclic) bond motifs is 1. The molecule has 2 heterocycles. The van der Waals surface area contributed by atoms with Gasteiger partial charge in [-0.2, -0.15) is 5.10 Å². The van der Waals surface area contributed by atoms with E-state index in [2.05, 4.69) is 10.1 Å². The van der Waals surface area contributed by atoms with Crippen molar-refractivity contribution in [2.24, 2.45) is 7.05 Å². The monoisotopic (exact) mass is 287 g/mol. The zero-order chi connectivity index (χ0) is 15.0. The van der Waals surface area contributed by atoms with E-state index in [-0.39, 0.29) is 0 Å². The normalized spacial score (nSPS) is 11.0. The highest BCUT2D eigenvalue weighted by atomic mass is 16.5. The molecule has 0 fully saturated rings. The summed E-state index contributed by atoms with van der Waals surface area (Å²) in [5.41, 5.74) is 8.59. The highest BCUT2D eigenvalue weighted by Gasteiger charge is 2.14. The number of imidazole rings is 1. The fourth-order valence-electron chi connectivity index (χ4n) is 2.35. The molecular weight excluding hydrogens is 270 g/mol. The molecule has 1 aromatic carbocycles. The van der Waals surface area contributed by atoms with E-state index in [4.69, 9.17) is 15.2 Å². The van der Waals surface area contributed by atoms with Crippen LogP contribution in [0.2, 0.25) is 0 Å². The summed E-state index contributed by atoms with van der Waals surface area (Å²) < 4.78 is 14.3. The lowest BCUT2D eigenvalue weighted by atomic mass is 10.2. The van der Waals surface area contributed by atoms with Crippen LogP contribution in [0.1, 0.15) is 5.69 Å². The lowest BCUT2D eigenvalue weighted by molar-refractivity contribution is 0.355. The van der Waals surface area contributed by atoms with Crippen LogP contribution in [0.5, 0.6) is 11.5 Å². The predicted molar refractivity (Wildman–Crippen MR) is 79.6 cm³/mol. The van der Waals surface area contributed by atoms with E-state index in [9.17, 15) is 0 Å². The van der Waals surface area contributed by atoms with E-state index in [1.54, 1.807) is 18.9 Å². The minimum absolute atomic E-state index is 0.436. The number of rotatable bonds is 4. The number of ether oxygens (including phenoxy) is 2. The molecule has 2 N–H and O–H groups in total. The van der Waals surface area contributed by atoms with Gasteiger partial charge < -0.3 is 19.8 Å². The fraction of sp³-hybridized carbons (Fsp3) is 0.286. The fourth-order valence-corrected chi connectivity index (χ4v) is 2.35. The minimum atomic E-state index is 0.436. The molecule has 0 saturated heterocycles. The molecule has 0 atom stereocenters. The van der Waals surface area contributed by atoms with Crippen molar-refractivity contribution in [2.75, 3.05) is 20.0 Å². The quantitative estimate of drug-likeness (QED) is 0.785. The van der Waals surface area contributed by atoms with Gasteiger partial charge in [-0.1, -0.05) is 0 Å². The minimum Gasteiger partial charge on any atom is -0.493 e. The first-order chi connectivity index (χ1) is 10.1. The second-order valence-corrected chi connectivity index (χ2v) is 4.73. The predicted octanol–water partition coefficient (Wildman–Crippen LogP) is 1.42. The van der Waals surface area contributed by atoms with Crippen LogP contribution in [0, 0.1) is 0 Å². The lowest BCUT2D eigenvalue weighted by Gasteiger charge is -2.09. The maximum atomic E-state index is 6.03. The zero-order valence-corrected chi connectivity index (χ0v) is 12.2. The average molecular weight is 287 g/mol. The van der Waals surface area contributed by atoms with Gasteiger partial charge in [-0.05, 0) is 6.07 Å². The average Bonchev–Trinajstić information content (AvgIpc) is 3.02. The van der Waals surface area contributed by atoms with Crippen LogP contribution in [0.25, 0.3) is 11.0 Å². The van der Waals surface area contributed by atoms with E-state index < -0.39 is 0 Å². The summed E-state index contributed by atoms with van der Waals surface area (Å²) in [5, 5.41) is 4.37. The smallest absolute Gasteiger partial charge is 0.201 e. The van der Waals surface area contributed by atoms with Gasteiger partial charge in [-0.15, -0.1) is 0 Å². The van der Waals surface area contributed by atoms with Gasteiger partial charge in [0.15, 0.2) is 11.5 Å². The molecule has 0 amide bonds. The third-order valence-corrected chi connectivity index (χ3v) is 3.37. The van der Waals surface area contributed by atoms with Crippen molar-refractivity contribution < 1.29 is 9.47 Å². The van der Waals surface area contributed by atoms with Gasteiger partial charge in [0.2, 0.25) is 5.95 Å². The number of anilines is 1. The van der Waals surface area contributed by atoms with Crippen LogP contribution in [0.15, 0.2) is 24.4 Å². The topological polar surface area (TPSA) is 80.1 Å². The van der Waals surface area contributed by atoms with Gasteiger partial charge in [0.1, 0.15) is 0 Å². The number of benzene rings is 1. The number of aryl methyl sites for hydroxylation is 1. The Bertz CT molecular complexity index is 790. The van der Waals surface area contributed by atoms with E-state index in [0.717, 1.165) is 16.7 Å². The Morgan fingerprint density at radius 3 is 2.52 bits per heavy atom. The molecule has 3 rings (SSSR count). The Kier molecular flexibility index (Phi) is 3.17. The number of nitrogens with two attached hydrogens (primary N) is 1. The molecule has 7 heteroatoms. The van der Waals surface area contributed by atoms with Gasteiger partial charge >= 0.3 is 0 Å². The van der Waals surface area contributed by atoms with Crippen LogP contribution in [-0.4, -0.2) is 33.6 Å². The number of hydrogen-bond donors (Lipinski definition) is 1. The second kappa shape index (κ2) is 5.01. The molecular formula is C14H17N5O2. The van der Waals surface area contributed by atoms with E-state index in [1.165, 1.54) is 0 Å². The Balaban J connectivity index is 2.11. The molecule has 0 spiro atoms. The highest BCUT2D eigenvalue weighted by Crippen LogP contribution is 2.33. The Morgan fingerprint density at radius 1 is 1.19 bits per heavy atom. The van der Waals surface area contributed by atoms with Crippen LogP contribution in [0.3, 0.4) is 0 Å². The summed E-state index contributed by atoms with van der Waals surface area (Å²) in [4.78, 5) is 4.37. The standard InChI is InChI=1S/C14H17N5O2/c1-18-5-4-9(17-18)8-19-11-7-13(21-3)12(20-2)6-10(11)16-14(19)15/h4-7H,8H2,1-3H3,(H2,15,16). The molecule has 0 saturated carbocycles. The van der Waals surface area contributed by atoms with Crippen LogP contribution in [-0.2, 0) is 13.6 Å². The van der Waals surface area contributed by atoms with Gasteiger partial charge in [0.25, 0.3) is 0 Å². The van der Waals surface area contributed by atoms with Gasteiger partial charge in [0, 0.05) is 25.4 Å². The molecule has 0 bridgehead atoms. The molecule has 3 aromatic rings. The number of nitrogen functional groups attached to an aromatic ring is 1. The SMILES string of the molecule is COc1cc2nc(N)n(Cc3ccn(C)n3)c2cc1OC. The summed E-state index contributed by atoms with van der Waals surface area (Å²) in [6.45, 7) is 0.554. The van der Waals surface area contributed by atoms with Crippen molar-refractivity contribution in [3.63, 3.8) is 0 Å². The molecule has 0 aliphatic rings. The summed E-state index contributed by atoms with van der Waals surface area (Å²) in [6, 6.07) is 5.64. The van der Waals surface area contributed by atoms with Crippen molar-refractivity contribution in [2.45, 2.75) is 6.54 Å². The third kappa shape index (κ3) is 2.26. The number of methoxy groups -OCH3 is 2. The molecule has 110 valence electrons. The van der Waals surface area contributed by atoms with Gasteiger partial charge in [-0.3, -0.25) is 4.68 Å². The Morgan fingerprint density at radius 2 is 1.90 bits per heavy atom. The second-order valence-electron chi connectivity index (χ2n) is 4.73. The van der Waals surface area contributed by atoms with Crippen molar-refractivity contribution in [3.8, 4) is 11.5 Å². The summed E-state index contributed by atoms with van der Waals surface area (Å²) in [5.74, 6) is 1.71. The molecule has 2 aromatic heterocycles. The maximum Gasteiger partial charge on any atom is 0.201 e. The van der Waals surface area contributed by atoms with Gasteiger partial charge in [-0.25, -0.2) is 4.98 Å². The molecule has 7 nitrogen and oxygen atoms in total. The number of hydrogen-bond acceptors (Lipinski definition) is 5. The number of nitrogens with zero attached hydrogens (tertiary/aromatic N) is 4. The van der Waals surface area contributed by atoms with Crippen molar-refractivity contribution in [1.82, 2.24) is 19.3 Å². The van der Waals surface area contributed by atoms with E-state index in [0.29, 0.717) is 24.0 Å². The first kappa shape index (κ1) is 13.3. The molecule has 21 heavy (non-hydrogen) atoms. The summed E-state index contributed by atoms with van der Waals surface area (Å²) in [6.07, 6.45) is 1.90. The molecule has 0 unspecified atom stereocenters. The van der Waals surface area contributed by atoms with Crippen LogP contribution in [0.4, 0.5) is 5.95 Å². The van der Waals surface area contributed by atoms with E-state index in [1.807, 2.05) is 36.0 Å².